The minimum absolute atomic E-state index is 0.306. The molecule has 0 atom stereocenters. The Morgan fingerprint density at radius 2 is 1.91 bits per heavy atom. The number of amides is 1. The number of hydrogen-bond acceptors (Lipinski definition) is 5. The molecule has 162 valence electrons. The molecule has 0 unspecified atom stereocenters. The molecule has 0 saturated carbocycles. The monoisotopic (exact) mass is 448 g/mol. The summed E-state index contributed by atoms with van der Waals surface area (Å²) in [4.78, 5) is 30.0. The highest BCUT2D eigenvalue weighted by Crippen LogP contribution is 2.26. The summed E-state index contributed by atoms with van der Waals surface area (Å²) < 4.78 is 7.04. The summed E-state index contributed by atoms with van der Waals surface area (Å²) in [5, 5.41) is 8.15. The lowest BCUT2D eigenvalue weighted by atomic mass is 10.1. The third kappa shape index (κ3) is 4.33. The molecule has 2 aromatic carbocycles. The molecule has 0 aliphatic rings. The number of carbonyl (C=O) groups excluding carboxylic acids is 2. The number of esters is 1. The van der Waals surface area contributed by atoms with Crippen molar-refractivity contribution in [3.8, 4) is 11.3 Å². The maximum atomic E-state index is 12.9. The topological polar surface area (TPSA) is 86.1 Å². The first-order chi connectivity index (χ1) is 15.5. The number of ether oxygens (including phenoxy) is 1. The van der Waals surface area contributed by atoms with Crippen LogP contribution in [0.1, 0.15) is 22.8 Å². The van der Waals surface area contributed by atoms with Crippen LogP contribution < -0.4 is 5.32 Å². The highest BCUT2D eigenvalue weighted by molar-refractivity contribution is 6.31. The lowest BCUT2D eigenvalue weighted by molar-refractivity contribution is -0.119. The number of anilines is 1. The predicted molar refractivity (Wildman–Crippen MR) is 124 cm³/mol. The van der Waals surface area contributed by atoms with E-state index in [1.54, 1.807) is 42.1 Å². The average molecular weight is 449 g/mol. The number of fused-ring (bicyclic) bond motifs is 1. The smallest absolute Gasteiger partial charge is 0.339 e. The number of hydrogen-bond donors (Lipinski definition) is 1. The van der Waals surface area contributed by atoms with Crippen LogP contribution in [0.25, 0.3) is 22.3 Å². The van der Waals surface area contributed by atoms with Crippen LogP contribution in [0, 0.1) is 6.92 Å². The molecule has 0 aliphatic carbocycles. The number of nitrogens with zero attached hydrogens (tertiary/aromatic N) is 3. The minimum Gasteiger partial charge on any atom is -0.452 e. The lowest BCUT2D eigenvalue weighted by Gasteiger charge is -2.11. The van der Waals surface area contributed by atoms with Crippen LogP contribution in [0.4, 0.5) is 5.69 Å². The first-order valence-electron chi connectivity index (χ1n) is 10.1. The van der Waals surface area contributed by atoms with Crippen LogP contribution in [0.3, 0.4) is 0 Å². The first kappa shape index (κ1) is 21.5. The molecule has 8 heteroatoms. The Bertz CT molecular complexity index is 1300. The molecule has 0 bridgehead atoms. The molecule has 0 aliphatic heterocycles. The summed E-state index contributed by atoms with van der Waals surface area (Å²) in [6.45, 7) is 3.92. The normalized spacial score (nSPS) is 10.8. The zero-order chi connectivity index (χ0) is 22.7. The molecule has 0 spiro atoms. The van der Waals surface area contributed by atoms with Gasteiger partial charge in [0.25, 0.3) is 5.91 Å². The van der Waals surface area contributed by atoms with E-state index in [1.807, 2.05) is 37.3 Å². The summed E-state index contributed by atoms with van der Waals surface area (Å²) in [6, 6.07) is 16.4. The van der Waals surface area contributed by atoms with Crippen molar-refractivity contribution in [3.05, 3.63) is 76.9 Å². The Labute approximate surface area is 190 Å². The van der Waals surface area contributed by atoms with Gasteiger partial charge in [-0.15, -0.1) is 0 Å². The minimum atomic E-state index is -0.622. The predicted octanol–water partition coefficient (Wildman–Crippen LogP) is 4.88. The largest absolute Gasteiger partial charge is 0.452 e. The molecule has 4 rings (SSSR count). The van der Waals surface area contributed by atoms with Crippen molar-refractivity contribution in [1.82, 2.24) is 14.8 Å². The summed E-state index contributed by atoms with van der Waals surface area (Å²) >= 11 is 6.09. The van der Waals surface area contributed by atoms with E-state index in [0.29, 0.717) is 39.5 Å². The quantitative estimate of drug-likeness (QED) is 0.425. The van der Waals surface area contributed by atoms with Gasteiger partial charge in [-0.2, -0.15) is 5.10 Å². The maximum Gasteiger partial charge on any atom is 0.339 e. The van der Waals surface area contributed by atoms with Gasteiger partial charge in [-0.3, -0.25) is 4.79 Å². The second kappa shape index (κ2) is 9.20. The van der Waals surface area contributed by atoms with Crippen molar-refractivity contribution in [2.24, 2.45) is 0 Å². The summed E-state index contributed by atoms with van der Waals surface area (Å²) in [5.41, 5.74) is 3.69. The summed E-state index contributed by atoms with van der Waals surface area (Å²) in [6.07, 6.45) is 1.59. The molecule has 32 heavy (non-hydrogen) atoms. The van der Waals surface area contributed by atoms with E-state index in [2.05, 4.69) is 15.4 Å². The highest BCUT2D eigenvalue weighted by atomic mass is 35.5. The number of rotatable bonds is 6. The van der Waals surface area contributed by atoms with Crippen molar-refractivity contribution in [3.63, 3.8) is 0 Å². The number of aryl methyl sites for hydroxylation is 1. The fourth-order valence-electron chi connectivity index (χ4n) is 3.34. The molecule has 1 amide bonds. The van der Waals surface area contributed by atoms with Crippen molar-refractivity contribution >= 4 is 40.2 Å². The van der Waals surface area contributed by atoms with Crippen LogP contribution in [0.5, 0.6) is 0 Å². The van der Waals surface area contributed by atoms with E-state index in [1.165, 1.54) is 0 Å². The molecule has 2 aromatic heterocycles. The SMILES string of the molecule is CCn1ncc2c(C(=O)OCC(=O)Nc3cccc(Cl)c3C)cc(-c3ccccc3)nc21. The van der Waals surface area contributed by atoms with Gasteiger partial charge in [-0.1, -0.05) is 48.0 Å². The second-order valence-corrected chi connectivity index (χ2v) is 7.56. The molecule has 0 saturated heterocycles. The fraction of sp³-hybridized carbons (Fsp3) is 0.167. The number of nitrogens with one attached hydrogen (secondary N) is 1. The van der Waals surface area contributed by atoms with Crippen molar-refractivity contribution < 1.29 is 14.3 Å². The number of halogens is 1. The maximum absolute atomic E-state index is 12.9. The van der Waals surface area contributed by atoms with Gasteiger partial charge in [-0.05, 0) is 37.6 Å². The van der Waals surface area contributed by atoms with E-state index in [-0.39, 0.29) is 0 Å². The zero-order valence-electron chi connectivity index (χ0n) is 17.6. The van der Waals surface area contributed by atoms with Gasteiger partial charge >= 0.3 is 5.97 Å². The molecule has 7 nitrogen and oxygen atoms in total. The van der Waals surface area contributed by atoms with Gasteiger partial charge in [0.1, 0.15) is 0 Å². The molecule has 0 fully saturated rings. The summed E-state index contributed by atoms with van der Waals surface area (Å²) in [7, 11) is 0. The van der Waals surface area contributed by atoms with Gasteiger partial charge in [0.15, 0.2) is 12.3 Å². The molecule has 1 N–H and O–H groups in total. The molecular formula is C24H21ClN4O3. The van der Waals surface area contributed by atoms with Crippen LogP contribution in [0.2, 0.25) is 5.02 Å². The van der Waals surface area contributed by atoms with Gasteiger partial charge in [0, 0.05) is 22.8 Å². The van der Waals surface area contributed by atoms with Crippen molar-refractivity contribution in [2.45, 2.75) is 20.4 Å². The van der Waals surface area contributed by atoms with Gasteiger partial charge in [0.05, 0.1) is 22.8 Å². The lowest BCUT2D eigenvalue weighted by Crippen LogP contribution is -2.21. The van der Waals surface area contributed by atoms with Crippen LogP contribution >= 0.6 is 11.6 Å². The van der Waals surface area contributed by atoms with Crippen LogP contribution in [0.15, 0.2) is 60.8 Å². The van der Waals surface area contributed by atoms with Gasteiger partial charge in [0.2, 0.25) is 0 Å². The molecular weight excluding hydrogens is 428 g/mol. The fourth-order valence-corrected chi connectivity index (χ4v) is 3.52. The van der Waals surface area contributed by atoms with Gasteiger partial charge < -0.3 is 10.1 Å². The van der Waals surface area contributed by atoms with E-state index in [0.717, 1.165) is 11.1 Å². The number of benzene rings is 2. The summed E-state index contributed by atoms with van der Waals surface area (Å²) in [5.74, 6) is -1.08. The standard InChI is InChI=1S/C24H21ClN4O3/c1-3-29-23-18(13-26-29)17(12-21(28-23)16-8-5-4-6-9-16)24(31)32-14-22(30)27-20-11-7-10-19(25)15(20)2/h4-13H,3,14H2,1-2H3,(H,27,30). The Morgan fingerprint density at radius 3 is 2.66 bits per heavy atom. The highest BCUT2D eigenvalue weighted by Gasteiger charge is 2.19. The number of aromatic nitrogens is 3. The Kier molecular flexibility index (Phi) is 6.18. The Balaban J connectivity index is 1.58. The third-order valence-corrected chi connectivity index (χ3v) is 5.48. The number of carbonyl (C=O) groups is 2. The van der Waals surface area contributed by atoms with E-state index in [9.17, 15) is 9.59 Å². The molecule has 2 heterocycles. The average Bonchev–Trinajstić information content (AvgIpc) is 3.23. The van der Waals surface area contributed by atoms with Crippen LogP contribution in [-0.2, 0) is 16.1 Å². The second-order valence-electron chi connectivity index (χ2n) is 7.16. The zero-order valence-corrected chi connectivity index (χ0v) is 18.4. The van der Waals surface area contributed by atoms with Crippen molar-refractivity contribution in [1.29, 1.82) is 0 Å². The van der Waals surface area contributed by atoms with Crippen LogP contribution in [-0.4, -0.2) is 33.2 Å². The Hall–Kier alpha value is -3.71. The third-order valence-electron chi connectivity index (χ3n) is 5.07. The van der Waals surface area contributed by atoms with Crippen molar-refractivity contribution in [2.75, 3.05) is 11.9 Å². The van der Waals surface area contributed by atoms with E-state index < -0.39 is 18.5 Å². The molecule has 0 radical (unpaired) electrons. The Morgan fingerprint density at radius 1 is 1.12 bits per heavy atom. The molecule has 4 aromatic rings. The van der Waals surface area contributed by atoms with Gasteiger partial charge in [-0.25, -0.2) is 14.5 Å². The number of pyridine rings is 1. The first-order valence-corrected chi connectivity index (χ1v) is 10.5. The van der Waals surface area contributed by atoms with E-state index >= 15 is 0 Å². The van der Waals surface area contributed by atoms with E-state index in [4.69, 9.17) is 16.3 Å².